The Labute approximate surface area is 112 Å². The molecule has 0 spiro atoms. The van der Waals surface area contributed by atoms with Crippen molar-refractivity contribution in [2.75, 3.05) is 11.2 Å². The molecular formula is C14H16ClNO2. The van der Waals surface area contributed by atoms with E-state index in [0.29, 0.717) is 12.0 Å². The molecule has 0 aliphatic carbocycles. The van der Waals surface area contributed by atoms with Crippen LogP contribution in [-0.2, 0) is 10.2 Å². The van der Waals surface area contributed by atoms with Gasteiger partial charge in [-0.15, -0.1) is 11.6 Å². The summed E-state index contributed by atoms with van der Waals surface area (Å²) in [6.45, 7) is 4.17. The minimum Gasteiger partial charge on any atom is -0.326 e. The first-order valence-electron chi connectivity index (χ1n) is 5.97. The second kappa shape index (κ2) is 4.73. The summed E-state index contributed by atoms with van der Waals surface area (Å²) < 4.78 is 0. The predicted octanol–water partition coefficient (Wildman–Crippen LogP) is 3.12. The fourth-order valence-electron chi connectivity index (χ4n) is 2.24. The van der Waals surface area contributed by atoms with Crippen LogP contribution in [0.1, 0.15) is 42.6 Å². The van der Waals surface area contributed by atoms with Crippen molar-refractivity contribution in [3.8, 4) is 0 Å². The molecule has 4 heteroatoms. The number of hydrogen-bond acceptors (Lipinski definition) is 2. The van der Waals surface area contributed by atoms with Gasteiger partial charge in [-0.25, -0.2) is 0 Å². The Morgan fingerprint density at radius 3 is 2.83 bits per heavy atom. The molecule has 1 aromatic carbocycles. The van der Waals surface area contributed by atoms with Gasteiger partial charge in [-0.2, -0.15) is 0 Å². The number of anilines is 1. The highest BCUT2D eigenvalue weighted by atomic mass is 35.5. The van der Waals surface area contributed by atoms with Crippen LogP contribution in [0, 0.1) is 0 Å². The Hall–Kier alpha value is -1.35. The molecule has 0 atom stereocenters. The van der Waals surface area contributed by atoms with Gasteiger partial charge in [0.25, 0.3) is 0 Å². The first-order chi connectivity index (χ1) is 8.44. The Morgan fingerprint density at radius 1 is 1.44 bits per heavy atom. The molecule has 1 amide bonds. The lowest BCUT2D eigenvalue weighted by atomic mass is 9.79. The molecule has 96 valence electrons. The number of carbonyl (C=O) groups excluding carboxylic acids is 2. The van der Waals surface area contributed by atoms with Crippen LogP contribution in [-0.4, -0.2) is 17.6 Å². The summed E-state index contributed by atoms with van der Waals surface area (Å²) in [6.07, 6.45) is 1.27. The molecule has 0 saturated carbocycles. The average molecular weight is 266 g/mol. The van der Waals surface area contributed by atoms with E-state index in [2.05, 4.69) is 19.2 Å². The van der Waals surface area contributed by atoms with E-state index in [1.807, 2.05) is 6.07 Å². The molecule has 1 heterocycles. The van der Waals surface area contributed by atoms with Crippen molar-refractivity contribution < 1.29 is 9.59 Å². The third kappa shape index (κ3) is 2.41. The molecule has 18 heavy (non-hydrogen) atoms. The zero-order valence-electron chi connectivity index (χ0n) is 10.5. The van der Waals surface area contributed by atoms with Crippen molar-refractivity contribution in [1.82, 2.24) is 0 Å². The second-order valence-corrected chi connectivity index (χ2v) is 5.52. The molecular weight excluding hydrogens is 250 g/mol. The summed E-state index contributed by atoms with van der Waals surface area (Å²) in [6, 6.07) is 5.36. The van der Waals surface area contributed by atoms with E-state index in [1.54, 1.807) is 12.1 Å². The highest BCUT2D eigenvalue weighted by Gasteiger charge is 2.29. The SMILES string of the molecule is CC1(C)CCC(=O)Nc2ccc(C(=O)CCl)cc21. The van der Waals surface area contributed by atoms with Gasteiger partial charge in [-0.3, -0.25) is 9.59 Å². The zero-order chi connectivity index (χ0) is 13.3. The molecule has 0 bridgehead atoms. The molecule has 2 rings (SSSR count). The van der Waals surface area contributed by atoms with Crippen LogP contribution in [0.25, 0.3) is 0 Å². The minimum absolute atomic E-state index is 0.0222. The highest BCUT2D eigenvalue weighted by molar-refractivity contribution is 6.30. The number of alkyl halides is 1. The molecule has 1 aliphatic heterocycles. The number of carbonyl (C=O) groups is 2. The van der Waals surface area contributed by atoms with E-state index in [4.69, 9.17) is 11.6 Å². The van der Waals surface area contributed by atoms with Gasteiger partial charge in [-0.05, 0) is 35.6 Å². The van der Waals surface area contributed by atoms with Crippen LogP contribution in [0.4, 0.5) is 5.69 Å². The number of rotatable bonds is 2. The molecule has 1 aromatic rings. The Bertz CT molecular complexity index is 509. The van der Waals surface area contributed by atoms with Crippen LogP contribution in [0.3, 0.4) is 0 Å². The number of hydrogen-bond donors (Lipinski definition) is 1. The third-order valence-electron chi connectivity index (χ3n) is 3.44. The Balaban J connectivity index is 2.52. The first-order valence-corrected chi connectivity index (χ1v) is 6.51. The van der Waals surface area contributed by atoms with Gasteiger partial charge in [0.2, 0.25) is 5.91 Å². The number of amides is 1. The van der Waals surface area contributed by atoms with Crippen molar-refractivity contribution in [1.29, 1.82) is 0 Å². The number of ketones is 1. The summed E-state index contributed by atoms with van der Waals surface area (Å²) in [5.74, 6) is -0.0879. The van der Waals surface area contributed by atoms with Crippen LogP contribution in [0.2, 0.25) is 0 Å². The van der Waals surface area contributed by atoms with Crippen molar-refractivity contribution in [2.24, 2.45) is 0 Å². The fraction of sp³-hybridized carbons (Fsp3) is 0.429. The lowest BCUT2D eigenvalue weighted by molar-refractivity contribution is -0.116. The number of fused-ring (bicyclic) bond motifs is 1. The summed E-state index contributed by atoms with van der Waals surface area (Å²) in [7, 11) is 0. The molecule has 1 aliphatic rings. The quantitative estimate of drug-likeness (QED) is 0.660. The van der Waals surface area contributed by atoms with Gasteiger partial charge in [0.05, 0.1) is 5.88 Å². The standard InChI is InChI=1S/C14H16ClNO2/c1-14(2)6-5-13(18)16-11-4-3-9(7-10(11)14)12(17)8-15/h3-4,7H,5-6,8H2,1-2H3,(H,16,18). The predicted molar refractivity (Wildman–Crippen MR) is 72.4 cm³/mol. The van der Waals surface area contributed by atoms with Crippen molar-refractivity contribution in [3.63, 3.8) is 0 Å². The monoisotopic (exact) mass is 265 g/mol. The fourth-order valence-corrected chi connectivity index (χ4v) is 2.39. The van der Waals surface area contributed by atoms with Crippen LogP contribution >= 0.6 is 11.6 Å². The summed E-state index contributed by atoms with van der Waals surface area (Å²) in [5.41, 5.74) is 2.28. The van der Waals surface area contributed by atoms with Gasteiger partial charge >= 0.3 is 0 Å². The normalized spacial score (nSPS) is 17.6. The van der Waals surface area contributed by atoms with E-state index in [1.165, 1.54) is 0 Å². The molecule has 0 unspecified atom stereocenters. The van der Waals surface area contributed by atoms with Gasteiger partial charge in [0.15, 0.2) is 5.78 Å². The molecule has 0 fully saturated rings. The molecule has 0 saturated heterocycles. The van der Waals surface area contributed by atoms with Crippen molar-refractivity contribution >= 4 is 29.0 Å². The zero-order valence-corrected chi connectivity index (χ0v) is 11.3. The molecule has 0 radical (unpaired) electrons. The summed E-state index contributed by atoms with van der Waals surface area (Å²) >= 11 is 5.58. The van der Waals surface area contributed by atoms with Crippen molar-refractivity contribution in [2.45, 2.75) is 32.1 Å². The molecule has 1 N–H and O–H groups in total. The maximum absolute atomic E-state index is 11.6. The topological polar surface area (TPSA) is 46.2 Å². The Morgan fingerprint density at radius 2 is 2.17 bits per heavy atom. The van der Waals surface area contributed by atoms with Crippen LogP contribution in [0.15, 0.2) is 18.2 Å². The maximum Gasteiger partial charge on any atom is 0.224 e. The highest BCUT2D eigenvalue weighted by Crippen LogP contribution is 2.37. The van der Waals surface area contributed by atoms with Gasteiger partial charge in [0, 0.05) is 17.7 Å². The van der Waals surface area contributed by atoms with E-state index in [-0.39, 0.29) is 23.0 Å². The van der Waals surface area contributed by atoms with E-state index in [0.717, 1.165) is 17.7 Å². The van der Waals surface area contributed by atoms with E-state index in [9.17, 15) is 9.59 Å². The maximum atomic E-state index is 11.6. The second-order valence-electron chi connectivity index (χ2n) is 5.25. The third-order valence-corrected chi connectivity index (χ3v) is 3.69. The number of halogens is 1. The van der Waals surface area contributed by atoms with E-state index >= 15 is 0 Å². The summed E-state index contributed by atoms with van der Waals surface area (Å²) in [4.78, 5) is 23.3. The number of benzene rings is 1. The van der Waals surface area contributed by atoms with Gasteiger partial charge in [-0.1, -0.05) is 13.8 Å². The lowest BCUT2D eigenvalue weighted by Gasteiger charge is -2.25. The smallest absolute Gasteiger partial charge is 0.224 e. The molecule has 3 nitrogen and oxygen atoms in total. The van der Waals surface area contributed by atoms with Gasteiger partial charge in [0.1, 0.15) is 0 Å². The van der Waals surface area contributed by atoms with Crippen molar-refractivity contribution in [3.05, 3.63) is 29.3 Å². The lowest BCUT2D eigenvalue weighted by Crippen LogP contribution is -2.17. The summed E-state index contributed by atoms with van der Waals surface area (Å²) in [5, 5.41) is 2.88. The largest absolute Gasteiger partial charge is 0.326 e. The van der Waals surface area contributed by atoms with Gasteiger partial charge < -0.3 is 5.32 Å². The number of nitrogens with one attached hydrogen (secondary N) is 1. The number of Topliss-reactive ketones (excluding diaryl/α,β-unsaturated/α-hetero) is 1. The average Bonchev–Trinajstić information content (AvgIpc) is 2.46. The Kier molecular flexibility index (Phi) is 3.44. The first kappa shape index (κ1) is 13.1. The minimum atomic E-state index is -0.128. The molecule has 0 aromatic heterocycles. The van der Waals surface area contributed by atoms with Crippen LogP contribution in [0.5, 0.6) is 0 Å². The van der Waals surface area contributed by atoms with Crippen LogP contribution < -0.4 is 5.32 Å². The van der Waals surface area contributed by atoms with E-state index < -0.39 is 0 Å².